The molecule has 0 atom stereocenters. The third kappa shape index (κ3) is 3.40. The van der Waals surface area contributed by atoms with Crippen molar-refractivity contribution >= 4 is 10.0 Å². The minimum atomic E-state index is -3.54. The third-order valence-electron chi connectivity index (χ3n) is 2.93. The fraction of sp³-hybridized carbons (Fsp3) is 0.286. The fourth-order valence-corrected chi connectivity index (χ4v) is 3.09. The molecule has 0 amide bonds. The van der Waals surface area contributed by atoms with Gasteiger partial charge < -0.3 is 0 Å². The number of rotatable bonds is 4. The number of aryl methyl sites for hydroxylation is 3. The molecule has 1 N–H and O–H groups in total. The van der Waals surface area contributed by atoms with Gasteiger partial charge in [-0.05, 0) is 50.1 Å². The molecule has 20 heavy (non-hydrogen) atoms. The number of nitrogens with one attached hydrogen (secondary N) is 1. The Bertz CT molecular complexity index is 710. The normalized spacial score (nSPS) is 11.6. The fourth-order valence-electron chi connectivity index (χ4n) is 1.76. The van der Waals surface area contributed by atoms with E-state index in [0.717, 1.165) is 16.8 Å². The van der Waals surface area contributed by atoms with Crippen LogP contribution < -0.4 is 4.72 Å². The van der Waals surface area contributed by atoms with Gasteiger partial charge in [-0.3, -0.25) is 0 Å². The second-order valence-corrected chi connectivity index (χ2v) is 6.49. The summed E-state index contributed by atoms with van der Waals surface area (Å²) in [6, 6.07) is 8.91. The lowest BCUT2D eigenvalue weighted by atomic mass is 10.2. The number of benzene rings is 1. The van der Waals surface area contributed by atoms with E-state index in [1.54, 1.807) is 31.2 Å². The summed E-state index contributed by atoms with van der Waals surface area (Å²) in [5, 5.41) is 7.84. The van der Waals surface area contributed by atoms with E-state index in [1.165, 1.54) is 0 Å². The van der Waals surface area contributed by atoms with Crippen molar-refractivity contribution in [3.63, 3.8) is 0 Å². The van der Waals surface area contributed by atoms with Crippen LogP contribution in [0.15, 0.2) is 35.2 Å². The third-order valence-corrected chi connectivity index (χ3v) is 4.47. The van der Waals surface area contributed by atoms with Gasteiger partial charge in [0.1, 0.15) is 0 Å². The van der Waals surface area contributed by atoms with Crippen molar-refractivity contribution in [3.05, 3.63) is 52.8 Å². The van der Waals surface area contributed by atoms with Crippen LogP contribution in [-0.4, -0.2) is 18.6 Å². The maximum atomic E-state index is 12.3. The number of hydrogen-bond donors (Lipinski definition) is 1. The van der Waals surface area contributed by atoms with Crippen LogP contribution in [0, 0.1) is 20.8 Å². The highest BCUT2D eigenvalue weighted by Gasteiger charge is 2.16. The van der Waals surface area contributed by atoms with Gasteiger partial charge in [-0.15, -0.1) is 0 Å². The lowest BCUT2D eigenvalue weighted by Gasteiger charge is -2.09. The van der Waals surface area contributed by atoms with Crippen LogP contribution in [0.1, 0.15) is 22.5 Å². The van der Waals surface area contributed by atoms with E-state index in [9.17, 15) is 8.42 Å². The SMILES string of the molecule is Cc1ccc(C)c(S(=O)(=O)NCc2ccc(C)nn2)c1. The zero-order valence-electron chi connectivity index (χ0n) is 11.7. The van der Waals surface area contributed by atoms with Gasteiger partial charge in [0.2, 0.25) is 10.0 Å². The summed E-state index contributed by atoms with van der Waals surface area (Å²) in [5.74, 6) is 0. The van der Waals surface area contributed by atoms with E-state index >= 15 is 0 Å². The Morgan fingerprint density at radius 2 is 1.80 bits per heavy atom. The molecule has 2 rings (SSSR count). The van der Waals surface area contributed by atoms with E-state index < -0.39 is 10.0 Å². The summed E-state index contributed by atoms with van der Waals surface area (Å²) in [5.41, 5.74) is 3.01. The molecule has 0 radical (unpaired) electrons. The lowest BCUT2D eigenvalue weighted by Crippen LogP contribution is -2.24. The summed E-state index contributed by atoms with van der Waals surface area (Å²) >= 11 is 0. The average molecular weight is 291 g/mol. The highest BCUT2D eigenvalue weighted by atomic mass is 32.2. The van der Waals surface area contributed by atoms with Gasteiger partial charge in [0.15, 0.2) is 0 Å². The monoisotopic (exact) mass is 291 g/mol. The predicted octanol–water partition coefficient (Wildman–Crippen LogP) is 1.88. The van der Waals surface area contributed by atoms with E-state index in [1.807, 2.05) is 19.9 Å². The number of aromatic nitrogens is 2. The molecule has 1 heterocycles. The lowest BCUT2D eigenvalue weighted by molar-refractivity contribution is 0.579. The summed E-state index contributed by atoms with van der Waals surface area (Å²) in [6.45, 7) is 5.60. The van der Waals surface area contributed by atoms with E-state index in [-0.39, 0.29) is 6.54 Å². The highest BCUT2D eigenvalue weighted by Crippen LogP contribution is 2.16. The van der Waals surface area contributed by atoms with Crippen LogP contribution in [0.25, 0.3) is 0 Å². The summed E-state index contributed by atoms with van der Waals surface area (Å²) in [6.07, 6.45) is 0. The second kappa shape index (κ2) is 5.68. The molecule has 6 heteroatoms. The molecule has 1 aromatic heterocycles. The number of sulfonamides is 1. The van der Waals surface area contributed by atoms with Gasteiger partial charge >= 0.3 is 0 Å². The largest absolute Gasteiger partial charge is 0.241 e. The molecule has 106 valence electrons. The number of nitrogens with zero attached hydrogens (tertiary/aromatic N) is 2. The average Bonchev–Trinajstić information content (AvgIpc) is 2.41. The molecule has 1 aromatic carbocycles. The van der Waals surface area contributed by atoms with Crippen molar-refractivity contribution in [2.24, 2.45) is 0 Å². The second-order valence-electron chi connectivity index (χ2n) is 4.76. The molecule has 0 unspecified atom stereocenters. The predicted molar refractivity (Wildman–Crippen MR) is 76.7 cm³/mol. The van der Waals surface area contributed by atoms with Gasteiger partial charge in [-0.25, -0.2) is 13.1 Å². The van der Waals surface area contributed by atoms with Crippen molar-refractivity contribution < 1.29 is 8.42 Å². The first kappa shape index (κ1) is 14.6. The molecule has 0 aliphatic rings. The van der Waals surface area contributed by atoms with Crippen molar-refractivity contribution in [3.8, 4) is 0 Å². The maximum Gasteiger partial charge on any atom is 0.241 e. The highest BCUT2D eigenvalue weighted by molar-refractivity contribution is 7.89. The van der Waals surface area contributed by atoms with Crippen molar-refractivity contribution in [1.82, 2.24) is 14.9 Å². The molecule has 0 aliphatic heterocycles. The minimum absolute atomic E-state index is 0.128. The molecule has 2 aromatic rings. The Balaban J connectivity index is 2.19. The molecular formula is C14H17N3O2S. The van der Waals surface area contributed by atoms with E-state index in [4.69, 9.17) is 0 Å². The van der Waals surface area contributed by atoms with Gasteiger partial charge in [0.25, 0.3) is 0 Å². The van der Waals surface area contributed by atoms with Gasteiger partial charge in [0.05, 0.1) is 22.8 Å². The maximum absolute atomic E-state index is 12.3. The summed E-state index contributed by atoms with van der Waals surface area (Å²) in [4.78, 5) is 0.303. The molecule has 0 fully saturated rings. The first-order valence-corrected chi connectivity index (χ1v) is 7.73. The van der Waals surface area contributed by atoms with E-state index in [0.29, 0.717) is 10.6 Å². The molecule has 0 bridgehead atoms. The summed E-state index contributed by atoms with van der Waals surface area (Å²) < 4.78 is 27.1. The van der Waals surface area contributed by atoms with Crippen LogP contribution in [-0.2, 0) is 16.6 Å². The molecule has 0 saturated carbocycles. The van der Waals surface area contributed by atoms with Crippen LogP contribution >= 0.6 is 0 Å². The van der Waals surface area contributed by atoms with Crippen LogP contribution in [0.5, 0.6) is 0 Å². The smallest absolute Gasteiger partial charge is 0.207 e. The van der Waals surface area contributed by atoms with E-state index in [2.05, 4.69) is 14.9 Å². The topological polar surface area (TPSA) is 72.0 Å². The Labute approximate surface area is 119 Å². The van der Waals surface area contributed by atoms with Crippen molar-refractivity contribution in [1.29, 1.82) is 0 Å². The molecule has 0 spiro atoms. The minimum Gasteiger partial charge on any atom is -0.207 e. The van der Waals surface area contributed by atoms with Gasteiger partial charge in [0, 0.05) is 0 Å². The number of hydrogen-bond acceptors (Lipinski definition) is 4. The van der Waals surface area contributed by atoms with Crippen molar-refractivity contribution in [2.45, 2.75) is 32.2 Å². The zero-order chi connectivity index (χ0) is 14.8. The zero-order valence-corrected chi connectivity index (χ0v) is 12.5. The Hall–Kier alpha value is -1.79. The molecular weight excluding hydrogens is 274 g/mol. The molecule has 0 aliphatic carbocycles. The van der Waals surface area contributed by atoms with Crippen molar-refractivity contribution in [2.75, 3.05) is 0 Å². The Kier molecular flexibility index (Phi) is 4.15. The van der Waals surface area contributed by atoms with Crippen LogP contribution in [0.4, 0.5) is 0 Å². The molecule has 5 nitrogen and oxygen atoms in total. The first-order valence-electron chi connectivity index (χ1n) is 6.24. The van der Waals surface area contributed by atoms with Gasteiger partial charge in [-0.1, -0.05) is 12.1 Å². The standard InChI is InChI=1S/C14H17N3O2S/c1-10-4-5-11(2)14(8-10)20(18,19)15-9-13-7-6-12(3)16-17-13/h4-8,15H,9H2,1-3H3. The summed E-state index contributed by atoms with van der Waals surface area (Å²) in [7, 11) is -3.54. The van der Waals surface area contributed by atoms with Crippen LogP contribution in [0.2, 0.25) is 0 Å². The van der Waals surface area contributed by atoms with Gasteiger partial charge in [-0.2, -0.15) is 10.2 Å². The first-order chi connectivity index (χ1) is 9.38. The quantitative estimate of drug-likeness (QED) is 0.933. The van der Waals surface area contributed by atoms with Crippen LogP contribution in [0.3, 0.4) is 0 Å². The Morgan fingerprint density at radius 1 is 1.05 bits per heavy atom. The molecule has 0 saturated heterocycles. The Morgan fingerprint density at radius 3 is 2.45 bits per heavy atom.